The van der Waals surface area contributed by atoms with Crippen molar-refractivity contribution in [2.75, 3.05) is 19.0 Å². The zero-order valence-electron chi connectivity index (χ0n) is 7.46. The molecule has 3 nitrogen and oxygen atoms in total. The van der Waals surface area contributed by atoms with Gasteiger partial charge in [0.15, 0.2) is 0 Å². The summed E-state index contributed by atoms with van der Waals surface area (Å²) in [7, 11) is 1.62. The standard InChI is InChI=1S/C9H8BrNO2S/c1-12-7-3-6-8(2-5(7)10)13-4-9(14)11-6/h2-3H,4H2,1H3,(H,11,14). The van der Waals surface area contributed by atoms with Gasteiger partial charge in [-0.05, 0) is 15.9 Å². The van der Waals surface area contributed by atoms with Crippen molar-refractivity contribution in [3.05, 3.63) is 16.6 Å². The molecule has 0 spiro atoms. The van der Waals surface area contributed by atoms with Crippen molar-refractivity contribution < 1.29 is 9.47 Å². The van der Waals surface area contributed by atoms with Gasteiger partial charge < -0.3 is 14.8 Å². The number of hydrogen-bond donors (Lipinski definition) is 1. The Morgan fingerprint density at radius 2 is 2.36 bits per heavy atom. The summed E-state index contributed by atoms with van der Waals surface area (Å²) in [6.07, 6.45) is 0. The van der Waals surface area contributed by atoms with Gasteiger partial charge in [0.2, 0.25) is 0 Å². The molecule has 2 rings (SSSR count). The average Bonchev–Trinajstić information content (AvgIpc) is 2.17. The summed E-state index contributed by atoms with van der Waals surface area (Å²) in [6, 6.07) is 3.72. The summed E-state index contributed by atoms with van der Waals surface area (Å²) in [4.78, 5) is 0.682. The highest BCUT2D eigenvalue weighted by atomic mass is 79.9. The molecule has 74 valence electrons. The first kappa shape index (κ1) is 9.73. The van der Waals surface area contributed by atoms with Gasteiger partial charge in [0.1, 0.15) is 23.1 Å². The molecule has 0 radical (unpaired) electrons. The molecule has 0 fully saturated rings. The van der Waals surface area contributed by atoms with Crippen molar-refractivity contribution in [1.29, 1.82) is 0 Å². The molecule has 1 aliphatic heterocycles. The normalized spacial score (nSPS) is 14.0. The van der Waals surface area contributed by atoms with E-state index in [-0.39, 0.29) is 0 Å². The van der Waals surface area contributed by atoms with E-state index in [0.717, 1.165) is 21.7 Å². The lowest BCUT2D eigenvalue weighted by molar-refractivity contribution is 0.371. The van der Waals surface area contributed by atoms with Gasteiger partial charge in [-0.25, -0.2) is 0 Å². The lowest BCUT2D eigenvalue weighted by atomic mass is 10.2. The fraction of sp³-hybridized carbons (Fsp3) is 0.222. The van der Waals surface area contributed by atoms with Gasteiger partial charge in [0.25, 0.3) is 0 Å². The fourth-order valence-electron chi connectivity index (χ4n) is 1.24. The number of benzene rings is 1. The van der Waals surface area contributed by atoms with E-state index < -0.39 is 0 Å². The molecule has 14 heavy (non-hydrogen) atoms. The molecule has 5 heteroatoms. The van der Waals surface area contributed by atoms with Gasteiger partial charge in [-0.1, -0.05) is 12.2 Å². The van der Waals surface area contributed by atoms with E-state index in [1.54, 1.807) is 7.11 Å². The van der Waals surface area contributed by atoms with Crippen molar-refractivity contribution in [3.63, 3.8) is 0 Å². The summed E-state index contributed by atoms with van der Waals surface area (Å²) in [5.41, 5.74) is 0.848. The molecule has 0 bridgehead atoms. The predicted octanol–water partition coefficient (Wildman–Crippen LogP) is 2.59. The largest absolute Gasteiger partial charge is 0.495 e. The Labute approximate surface area is 95.5 Å². The van der Waals surface area contributed by atoms with E-state index in [2.05, 4.69) is 21.2 Å². The molecule has 1 aromatic carbocycles. The van der Waals surface area contributed by atoms with Crippen molar-refractivity contribution in [3.8, 4) is 11.5 Å². The lowest BCUT2D eigenvalue weighted by Crippen LogP contribution is -2.23. The summed E-state index contributed by atoms with van der Waals surface area (Å²) in [5.74, 6) is 1.54. The molecule has 0 amide bonds. The molecule has 1 aromatic rings. The third-order valence-electron chi connectivity index (χ3n) is 1.89. The molecule has 0 aliphatic carbocycles. The third kappa shape index (κ3) is 1.69. The summed E-state index contributed by atoms with van der Waals surface area (Å²) >= 11 is 8.39. The molecule has 1 aliphatic rings. The Morgan fingerprint density at radius 1 is 1.57 bits per heavy atom. The highest BCUT2D eigenvalue weighted by Crippen LogP contribution is 2.37. The highest BCUT2D eigenvalue weighted by molar-refractivity contribution is 9.10. The Hall–Kier alpha value is -0.810. The zero-order valence-corrected chi connectivity index (χ0v) is 9.87. The number of nitrogens with one attached hydrogen (secondary N) is 1. The minimum absolute atomic E-state index is 0.432. The number of ether oxygens (including phenoxy) is 2. The first-order chi connectivity index (χ1) is 6.70. The van der Waals surface area contributed by atoms with Crippen LogP contribution in [0, 0.1) is 0 Å². The van der Waals surface area contributed by atoms with Crippen LogP contribution in [0.4, 0.5) is 5.69 Å². The molecule has 1 heterocycles. The van der Waals surface area contributed by atoms with Crippen LogP contribution in [0.1, 0.15) is 0 Å². The van der Waals surface area contributed by atoms with Crippen molar-refractivity contribution in [2.45, 2.75) is 0 Å². The molecule has 0 saturated carbocycles. The van der Waals surface area contributed by atoms with Crippen LogP contribution in [-0.4, -0.2) is 18.7 Å². The SMILES string of the molecule is COc1cc2c(cc1Br)OCC(=S)N2. The summed E-state index contributed by atoms with van der Waals surface area (Å²) < 4.78 is 11.5. The Bertz CT molecular complexity index is 395. The number of methoxy groups -OCH3 is 1. The lowest BCUT2D eigenvalue weighted by Gasteiger charge is -2.20. The quantitative estimate of drug-likeness (QED) is 0.797. The Balaban J connectivity index is 2.46. The van der Waals surface area contributed by atoms with Gasteiger partial charge in [-0.3, -0.25) is 0 Å². The van der Waals surface area contributed by atoms with Crippen molar-refractivity contribution in [2.24, 2.45) is 0 Å². The third-order valence-corrected chi connectivity index (χ3v) is 2.73. The van der Waals surface area contributed by atoms with Gasteiger partial charge in [-0.15, -0.1) is 0 Å². The second-order valence-corrected chi connectivity index (χ2v) is 4.17. The van der Waals surface area contributed by atoms with Gasteiger partial charge in [0.05, 0.1) is 17.3 Å². The van der Waals surface area contributed by atoms with Crippen LogP contribution in [0.5, 0.6) is 11.5 Å². The molecule has 0 unspecified atom stereocenters. The predicted molar refractivity (Wildman–Crippen MR) is 62.4 cm³/mol. The van der Waals surface area contributed by atoms with E-state index in [9.17, 15) is 0 Å². The van der Waals surface area contributed by atoms with Crippen molar-refractivity contribution >= 4 is 38.8 Å². The molecule has 0 aromatic heterocycles. The second kappa shape index (κ2) is 3.74. The maximum atomic E-state index is 5.43. The minimum atomic E-state index is 0.432. The maximum Gasteiger partial charge on any atom is 0.144 e. The molecular weight excluding hydrogens is 266 g/mol. The number of hydrogen-bond acceptors (Lipinski definition) is 3. The van der Waals surface area contributed by atoms with Gasteiger partial charge in [-0.2, -0.15) is 0 Å². The zero-order chi connectivity index (χ0) is 10.1. The van der Waals surface area contributed by atoms with E-state index in [4.69, 9.17) is 21.7 Å². The number of anilines is 1. The van der Waals surface area contributed by atoms with Crippen molar-refractivity contribution in [1.82, 2.24) is 0 Å². The summed E-state index contributed by atoms with van der Waals surface area (Å²) in [5, 5.41) is 3.07. The van der Waals surface area contributed by atoms with Gasteiger partial charge in [0, 0.05) is 12.1 Å². The van der Waals surface area contributed by atoms with Crippen LogP contribution in [0.3, 0.4) is 0 Å². The first-order valence-electron chi connectivity index (χ1n) is 4.01. The van der Waals surface area contributed by atoms with Crippen LogP contribution in [0.2, 0.25) is 0 Å². The van der Waals surface area contributed by atoms with Gasteiger partial charge >= 0.3 is 0 Å². The Kier molecular flexibility index (Phi) is 2.60. The maximum absolute atomic E-state index is 5.43. The number of rotatable bonds is 1. The van der Waals surface area contributed by atoms with E-state index in [1.165, 1.54) is 0 Å². The van der Waals surface area contributed by atoms with Crippen LogP contribution in [0.25, 0.3) is 0 Å². The number of halogens is 1. The fourth-order valence-corrected chi connectivity index (χ4v) is 1.89. The highest BCUT2D eigenvalue weighted by Gasteiger charge is 2.15. The van der Waals surface area contributed by atoms with Crippen LogP contribution in [-0.2, 0) is 0 Å². The smallest absolute Gasteiger partial charge is 0.144 e. The van der Waals surface area contributed by atoms with E-state index in [1.807, 2.05) is 12.1 Å². The second-order valence-electron chi connectivity index (χ2n) is 2.82. The first-order valence-corrected chi connectivity index (χ1v) is 5.21. The van der Waals surface area contributed by atoms with Crippen LogP contribution in [0.15, 0.2) is 16.6 Å². The summed E-state index contributed by atoms with van der Waals surface area (Å²) in [6.45, 7) is 0.432. The monoisotopic (exact) mass is 273 g/mol. The molecule has 0 atom stereocenters. The van der Waals surface area contributed by atoms with Crippen LogP contribution < -0.4 is 14.8 Å². The number of thiocarbonyl (C=S) groups is 1. The number of fused-ring (bicyclic) bond motifs is 1. The van der Waals surface area contributed by atoms with E-state index in [0.29, 0.717) is 11.6 Å². The van der Waals surface area contributed by atoms with Crippen LogP contribution >= 0.6 is 28.1 Å². The molecule has 1 N–H and O–H groups in total. The average molecular weight is 274 g/mol. The topological polar surface area (TPSA) is 30.5 Å². The molecule has 0 saturated heterocycles. The molecular formula is C9H8BrNO2S. The Morgan fingerprint density at radius 3 is 3.07 bits per heavy atom. The van der Waals surface area contributed by atoms with E-state index >= 15 is 0 Å². The minimum Gasteiger partial charge on any atom is -0.495 e.